The van der Waals surface area contributed by atoms with Gasteiger partial charge in [-0.05, 0) is 35.4 Å². The second-order valence-corrected chi connectivity index (χ2v) is 6.17. The van der Waals surface area contributed by atoms with Crippen LogP contribution in [0.15, 0.2) is 47.2 Å². The van der Waals surface area contributed by atoms with Crippen molar-refractivity contribution in [2.24, 2.45) is 0 Å². The number of rotatable bonds is 3. The maximum Gasteiger partial charge on any atom is 0.124 e. The first-order valence-corrected chi connectivity index (χ1v) is 7.81. The van der Waals surface area contributed by atoms with Crippen molar-refractivity contribution >= 4 is 28.3 Å². The molecule has 6 heteroatoms. The molecule has 1 saturated heterocycles. The van der Waals surface area contributed by atoms with Gasteiger partial charge in [-0.15, -0.1) is 12.4 Å². The Balaban J connectivity index is 0.00000176. The van der Waals surface area contributed by atoms with Crippen molar-refractivity contribution in [1.29, 1.82) is 0 Å². The second kappa shape index (κ2) is 8.02. The van der Waals surface area contributed by atoms with Gasteiger partial charge in [-0.3, -0.25) is 9.88 Å². The van der Waals surface area contributed by atoms with Gasteiger partial charge in [-0.25, -0.2) is 4.39 Å². The van der Waals surface area contributed by atoms with Crippen molar-refractivity contribution in [3.63, 3.8) is 0 Å². The van der Waals surface area contributed by atoms with Crippen LogP contribution in [-0.4, -0.2) is 29.5 Å². The Morgan fingerprint density at radius 1 is 1.36 bits per heavy atom. The number of hydrogen-bond acceptors (Lipinski definition) is 3. The van der Waals surface area contributed by atoms with Crippen molar-refractivity contribution in [2.45, 2.75) is 12.6 Å². The van der Waals surface area contributed by atoms with Crippen LogP contribution >= 0.6 is 28.3 Å². The largest absolute Gasteiger partial charge is 0.314 e. The molecule has 1 fully saturated rings. The molecule has 0 radical (unpaired) electrons. The molecule has 1 unspecified atom stereocenters. The number of nitrogens with zero attached hydrogens (tertiary/aromatic N) is 2. The molecule has 118 valence electrons. The van der Waals surface area contributed by atoms with Crippen molar-refractivity contribution < 1.29 is 4.39 Å². The molecule has 0 bridgehead atoms. The molecule has 1 atom stereocenters. The normalized spacial score (nSPS) is 18.7. The topological polar surface area (TPSA) is 28.2 Å². The van der Waals surface area contributed by atoms with Crippen LogP contribution in [0, 0.1) is 5.82 Å². The molecule has 0 saturated carbocycles. The zero-order valence-electron chi connectivity index (χ0n) is 12.0. The summed E-state index contributed by atoms with van der Waals surface area (Å²) in [6.45, 7) is 3.51. The Bertz CT molecular complexity index is 591. The molecule has 3 rings (SSSR count). The van der Waals surface area contributed by atoms with Crippen LogP contribution in [0.2, 0.25) is 0 Å². The average Bonchev–Trinajstić information content (AvgIpc) is 2.48. The third-order valence-corrected chi connectivity index (χ3v) is 4.19. The Hall–Kier alpha value is -1.01. The molecule has 3 nitrogen and oxygen atoms in total. The molecule has 1 aliphatic heterocycles. The molecule has 0 amide bonds. The Kier molecular flexibility index (Phi) is 6.32. The van der Waals surface area contributed by atoms with Gasteiger partial charge in [0.1, 0.15) is 5.82 Å². The second-order valence-electron chi connectivity index (χ2n) is 5.25. The number of aromatic nitrogens is 1. The summed E-state index contributed by atoms with van der Waals surface area (Å²) in [5.74, 6) is -0.201. The molecule has 2 heterocycles. The predicted octanol–water partition coefficient (Wildman–Crippen LogP) is 3.55. The van der Waals surface area contributed by atoms with E-state index in [1.165, 1.54) is 11.6 Å². The molecular formula is C16H18BrClFN3. The van der Waals surface area contributed by atoms with E-state index in [1.807, 2.05) is 18.3 Å². The van der Waals surface area contributed by atoms with E-state index in [9.17, 15) is 4.39 Å². The monoisotopic (exact) mass is 385 g/mol. The van der Waals surface area contributed by atoms with Gasteiger partial charge in [0.05, 0.1) is 0 Å². The van der Waals surface area contributed by atoms with E-state index in [2.05, 4.69) is 37.2 Å². The molecule has 1 N–H and O–H groups in total. The summed E-state index contributed by atoms with van der Waals surface area (Å²) in [5.41, 5.74) is 2.18. The lowest BCUT2D eigenvalue weighted by Gasteiger charge is -2.36. The molecule has 1 aromatic carbocycles. The lowest BCUT2D eigenvalue weighted by Crippen LogP contribution is -2.45. The minimum absolute atomic E-state index is 0. The molecule has 2 aromatic rings. The fraction of sp³-hybridized carbons (Fsp3) is 0.312. The zero-order chi connectivity index (χ0) is 14.7. The number of piperazine rings is 1. The quantitative estimate of drug-likeness (QED) is 0.874. The lowest BCUT2D eigenvalue weighted by atomic mass is 10.0. The number of hydrogen-bond donors (Lipinski definition) is 1. The molecule has 0 aliphatic carbocycles. The SMILES string of the molecule is Cl.Fc1cc(Br)cc(CN2CCNCC2c2cccnc2)c1. The number of nitrogens with one attached hydrogen (secondary N) is 1. The first kappa shape index (κ1) is 17.3. The Morgan fingerprint density at radius 2 is 2.23 bits per heavy atom. The minimum atomic E-state index is -0.201. The summed E-state index contributed by atoms with van der Waals surface area (Å²) in [7, 11) is 0. The van der Waals surface area contributed by atoms with Crippen LogP contribution in [0.5, 0.6) is 0 Å². The maximum absolute atomic E-state index is 13.5. The summed E-state index contributed by atoms with van der Waals surface area (Å²) in [6, 6.07) is 9.40. The number of halogens is 3. The van der Waals surface area contributed by atoms with E-state index in [4.69, 9.17) is 0 Å². The van der Waals surface area contributed by atoms with Crippen LogP contribution in [0.1, 0.15) is 17.2 Å². The molecule has 0 spiro atoms. The van der Waals surface area contributed by atoms with Gasteiger partial charge >= 0.3 is 0 Å². The van der Waals surface area contributed by atoms with E-state index in [0.29, 0.717) is 0 Å². The molecule has 1 aromatic heterocycles. The highest BCUT2D eigenvalue weighted by molar-refractivity contribution is 9.10. The van der Waals surface area contributed by atoms with Gasteiger partial charge in [0.2, 0.25) is 0 Å². The average molecular weight is 387 g/mol. The van der Waals surface area contributed by atoms with Crippen LogP contribution < -0.4 is 5.32 Å². The summed E-state index contributed by atoms with van der Waals surface area (Å²) in [4.78, 5) is 6.58. The Labute approximate surface area is 144 Å². The summed E-state index contributed by atoms with van der Waals surface area (Å²) < 4.78 is 14.3. The van der Waals surface area contributed by atoms with E-state index < -0.39 is 0 Å². The molecule has 1 aliphatic rings. The maximum atomic E-state index is 13.5. The van der Waals surface area contributed by atoms with Crippen molar-refractivity contribution in [2.75, 3.05) is 19.6 Å². The highest BCUT2D eigenvalue weighted by Crippen LogP contribution is 2.24. The highest BCUT2D eigenvalue weighted by atomic mass is 79.9. The van der Waals surface area contributed by atoms with E-state index >= 15 is 0 Å². The third-order valence-electron chi connectivity index (χ3n) is 3.73. The predicted molar refractivity (Wildman–Crippen MR) is 91.6 cm³/mol. The van der Waals surface area contributed by atoms with Gasteiger partial charge < -0.3 is 5.32 Å². The van der Waals surface area contributed by atoms with E-state index in [0.717, 1.165) is 36.2 Å². The van der Waals surface area contributed by atoms with Crippen LogP contribution in [0.3, 0.4) is 0 Å². The van der Waals surface area contributed by atoms with Gasteiger partial charge in [0.15, 0.2) is 0 Å². The van der Waals surface area contributed by atoms with Crippen LogP contribution in [-0.2, 0) is 6.54 Å². The van der Waals surface area contributed by atoms with Gasteiger partial charge in [0, 0.05) is 49.1 Å². The van der Waals surface area contributed by atoms with Gasteiger partial charge in [-0.2, -0.15) is 0 Å². The fourth-order valence-corrected chi connectivity index (χ4v) is 3.29. The Morgan fingerprint density at radius 3 is 2.95 bits per heavy atom. The van der Waals surface area contributed by atoms with E-state index in [1.54, 1.807) is 12.3 Å². The van der Waals surface area contributed by atoms with Crippen molar-refractivity contribution in [3.05, 3.63) is 64.1 Å². The molecular weight excluding hydrogens is 369 g/mol. The minimum Gasteiger partial charge on any atom is -0.314 e. The van der Waals surface area contributed by atoms with Gasteiger partial charge in [0.25, 0.3) is 0 Å². The third kappa shape index (κ3) is 4.26. The molecule has 22 heavy (non-hydrogen) atoms. The lowest BCUT2D eigenvalue weighted by molar-refractivity contribution is 0.153. The fourth-order valence-electron chi connectivity index (χ4n) is 2.77. The standard InChI is InChI=1S/C16H17BrFN3.ClH/c17-14-6-12(7-15(18)8-14)11-21-5-4-20-10-16(21)13-2-1-3-19-9-13;/h1-3,6-9,16,20H,4-5,10-11H2;1H. The summed E-state index contributed by atoms with van der Waals surface area (Å²) in [6.07, 6.45) is 3.69. The van der Waals surface area contributed by atoms with E-state index in [-0.39, 0.29) is 24.3 Å². The van der Waals surface area contributed by atoms with Crippen LogP contribution in [0.4, 0.5) is 4.39 Å². The zero-order valence-corrected chi connectivity index (χ0v) is 14.4. The summed E-state index contributed by atoms with van der Waals surface area (Å²) in [5, 5.41) is 3.42. The van der Waals surface area contributed by atoms with Gasteiger partial charge in [-0.1, -0.05) is 22.0 Å². The highest BCUT2D eigenvalue weighted by Gasteiger charge is 2.24. The number of pyridine rings is 1. The number of benzene rings is 1. The van der Waals surface area contributed by atoms with Crippen molar-refractivity contribution in [1.82, 2.24) is 15.2 Å². The van der Waals surface area contributed by atoms with Crippen molar-refractivity contribution in [3.8, 4) is 0 Å². The smallest absolute Gasteiger partial charge is 0.124 e. The first-order chi connectivity index (χ1) is 10.2. The van der Waals surface area contributed by atoms with Crippen LogP contribution in [0.25, 0.3) is 0 Å². The first-order valence-electron chi connectivity index (χ1n) is 7.02. The summed E-state index contributed by atoms with van der Waals surface area (Å²) >= 11 is 3.36.